The third kappa shape index (κ3) is 2.98. The van der Waals surface area contributed by atoms with E-state index in [0.29, 0.717) is 16.6 Å². The third-order valence-corrected chi connectivity index (χ3v) is 5.35. The van der Waals surface area contributed by atoms with Crippen molar-refractivity contribution in [3.8, 4) is 11.5 Å². The van der Waals surface area contributed by atoms with Gasteiger partial charge in [0.25, 0.3) is 0 Å². The average Bonchev–Trinajstić information content (AvgIpc) is 2.62. The van der Waals surface area contributed by atoms with E-state index < -0.39 is 11.6 Å². The molecule has 0 radical (unpaired) electrons. The second-order valence-electron chi connectivity index (χ2n) is 6.97. The molecule has 0 aliphatic carbocycles. The number of hydrogen-bond donors (Lipinski definition) is 3. The molecule has 6 nitrogen and oxygen atoms in total. The van der Waals surface area contributed by atoms with Crippen molar-refractivity contribution in [1.29, 1.82) is 0 Å². The van der Waals surface area contributed by atoms with Crippen molar-refractivity contribution in [1.82, 2.24) is 10.6 Å². The number of para-hydroxylation sites is 1. The summed E-state index contributed by atoms with van der Waals surface area (Å²) in [6.45, 7) is 3.81. The minimum Gasteiger partial charge on any atom is -0.497 e. The second kappa shape index (κ2) is 6.42. The standard InChI is InChI=1S/C20H21N3O3S/c1-11-6-4-5-7-14(11)21-18(24)16-17-13-10-12(25-3)8-9-15(13)26-20(16,2)23-19(27)22-17/h4-10,16-17H,1-3H3,(H,21,24)(H2,22,23,27)/t16?,17?,20-/m1/s1. The lowest BCUT2D eigenvalue weighted by atomic mass is 9.79. The van der Waals surface area contributed by atoms with Crippen LogP contribution in [0.4, 0.5) is 5.69 Å². The molecule has 0 saturated carbocycles. The largest absolute Gasteiger partial charge is 0.497 e. The number of aryl methyl sites for hydroxylation is 1. The van der Waals surface area contributed by atoms with Crippen molar-refractivity contribution >= 4 is 28.9 Å². The number of carbonyl (C=O) groups is 1. The zero-order valence-electron chi connectivity index (χ0n) is 15.3. The van der Waals surface area contributed by atoms with Crippen molar-refractivity contribution in [2.45, 2.75) is 25.6 Å². The zero-order valence-corrected chi connectivity index (χ0v) is 16.1. The van der Waals surface area contributed by atoms with Gasteiger partial charge in [-0.05, 0) is 55.9 Å². The number of amides is 1. The van der Waals surface area contributed by atoms with Crippen molar-refractivity contribution < 1.29 is 14.3 Å². The Labute approximate surface area is 163 Å². The summed E-state index contributed by atoms with van der Waals surface area (Å²) < 4.78 is 11.6. The molecule has 140 valence electrons. The number of rotatable bonds is 3. The first-order valence-corrected chi connectivity index (χ1v) is 9.14. The fourth-order valence-electron chi connectivity index (χ4n) is 3.77. The highest BCUT2D eigenvalue weighted by Crippen LogP contribution is 2.46. The van der Waals surface area contributed by atoms with E-state index in [1.54, 1.807) is 7.11 Å². The molecule has 2 heterocycles. The lowest BCUT2D eigenvalue weighted by Gasteiger charge is -2.50. The highest BCUT2D eigenvalue weighted by atomic mass is 32.1. The van der Waals surface area contributed by atoms with Crippen LogP contribution in [0.3, 0.4) is 0 Å². The van der Waals surface area contributed by atoms with E-state index in [1.807, 2.05) is 56.3 Å². The lowest BCUT2D eigenvalue weighted by molar-refractivity contribution is -0.132. The molecular formula is C20H21N3O3S. The number of fused-ring (bicyclic) bond motifs is 4. The second-order valence-corrected chi connectivity index (χ2v) is 7.38. The normalized spacial score (nSPS) is 25.4. The summed E-state index contributed by atoms with van der Waals surface area (Å²) in [6, 6.07) is 12.9. The first kappa shape index (κ1) is 17.6. The molecule has 2 aromatic carbocycles. The minimum atomic E-state index is -0.957. The van der Waals surface area contributed by atoms with E-state index in [4.69, 9.17) is 21.7 Å². The van der Waals surface area contributed by atoms with Crippen molar-refractivity contribution in [3.05, 3.63) is 53.6 Å². The average molecular weight is 383 g/mol. The number of anilines is 1. The molecule has 1 saturated heterocycles. The Morgan fingerprint density at radius 3 is 2.81 bits per heavy atom. The van der Waals surface area contributed by atoms with Gasteiger partial charge in [-0.25, -0.2) is 0 Å². The van der Waals surface area contributed by atoms with Crippen LogP contribution in [-0.2, 0) is 4.79 Å². The number of thiocarbonyl (C=S) groups is 1. The summed E-state index contributed by atoms with van der Waals surface area (Å²) in [7, 11) is 1.61. The Hall–Kier alpha value is -2.80. The van der Waals surface area contributed by atoms with Gasteiger partial charge in [-0.3, -0.25) is 4.79 Å². The molecule has 1 fully saturated rings. The van der Waals surface area contributed by atoms with E-state index in [1.165, 1.54) is 0 Å². The van der Waals surface area contributed by atoms with Crippen molar-refractivity contribution in [2.75, 3.05) is 12.4 Å². The summed E-state index contributed by atoms with van der Waals surface area (Å²) in [5.74, 6) is 0.715. The maximum absolute atomic E-state index is 13.3. The molecule has 2 unspecified atom stereocenters. The fourth-order valence-corrected chi connectivity index (χ4v) is 4.10. The molecule has 7 heteroatoms. The molecule has 3 atom stereocenters. The molecule has 27 heavy (non-hydrogen) atoms. The van der Waals surface area contributed by atoms with Gasteiger partial charge < -0.3 is 25.4 Å². The molecule has 2 aliphatic heterocycles. The highest BCUT2D eigenvalue weighted by molar-refractivity contribution is 7.80. The monoisotopic (exact) mass is 383 g/mol. The molecule has 1 amide bonds. The van der Waals surface area contributed by atoms with Crippen LogP contribution in [0, 0.1) is 12.8 Å². The number of hydrogen-bond acceptors (Lipinski definition) is 4. The number of ether oxygens (including phenoxy) is 2. The van der Waals surface area contributed by atoms with Crippen molar-refractivity contribution in [2.24, 2.45) is 5.92 Å². The topological polar surface area (TPSA) is 71.6 Å². The van der Waals surface area contributed by atoms with E-state index >= 15 is 0 Å². The molecule has 0 aromatic heterocycles. The Morgan fingerprint density at radius 1 is 1.30 bits per heavy atom. The number of carbonyl (C=O) groups excluding carboxylic acids is 1. The maximum Gasteiger partial charge on any atom is 0.236 e. The van der Waals surface area contributed by atoms with Gasteiger partial charge in [0.1, 0.15) is 17.4 Å². The first-order chi connectivity index (χ1) is 12.9. The predicted molar refractivity (Wildman–Crippen MR) is 107 cm³/mol. The number of methoxy groups -OCH3 is 1. The van der Waals surface area contributed by atoms with Gasteiger partial charge in [0, 0.05) is 11.3 Å². The molecule has 4 rings (SSSR count). The van der Waals surface area contributed by atoms with Crippen LogP contribution in [0.1, 0.15) is 24.1 Å². The quantitative estimate of drug-likeness (QED) is 0.708. The van der Waals surface area contributed by atoms with E-state index in [9.17, 15) is 4.79 Å². The number of nitrogens with one attached hydrogen (secondary N) is 3. The van der Waals surface area contributed by atoms with Crippen LogP contribution in [0.5, 0.6) is 11.5 Å². The summed E-state index contributed by atoms with van der Waals surface area (Å²) in [5, 5.41) is 9.86. The Morgan fingerprint density at radius 2 is 2.07 bits per heavy atom. The zero-order chi connectivity index (χ0) is 19.2. The molecule has 2 aliphatic rings. The number of benzene rings is 2. The summed E-state index contributed by atoms with van der Waals surface area (Å²) >= 11 is 5.35. The summed E-state index contributed by atoms with van der Waals surface area (Å²) in [6.07, 6.45) is 0. The van der Waals surface area contributed by atoms with Gasteiger partial charge in [-0.2, -0.15) is 0 Å². The molecule has 2 bridgehead atoms. The van der Waals surface area contributed by atoms with Gasteiger partial charge in [0.15, 0.2) is 10.8 Å². The smallest absolute Gasteiger partial charge is 0.236 e. The van der Waals surface area contributed by atoms with Gasteiger partial charge in [-0.15, -0.1) is 0 Å². The molecular weight excluding hydrogens is 362 g/mol. The van der Waals surface area contributed by atoms with Gasteiger partial charge in [0.2, 0.25) is 5.91 Å². The van der Waals surface area contributed by atoms with E-state index in [2.05, 4.69) is 16.0 Å². The van der Waals surface area contributed by atoms with Gasteiger partial charge in [0.05, 0.1) is 13.2 Å². The van der Waals surface area contributed by atoms with Gasteiger partial charge >= 0.3 is 0 Å². The van der Waals surface area contributed by atoms with E-state index in [0.717, 1.165) is 16.8 Å². The minimum absolute atomic E-state index is 0.146. The third-order valence-electron chi connectivity index (χ3n) is 5.13. The Kier molecular flexibility index (Phi) is 4.19. The lowest BCUT2D eigenvalue weighted by Crippen LogP contribution is -2.70. The maximum atomic E-state index is 13.3. The Balaban J connectivity index is 1.74. The molecule has 2 aromatic rings. The van der Waals surface area contributed by atoms with Gasteiger partial charge in [-0.1, -0.05) is 18.2 Å². The molecule has 0 spiro atoms. The van der Waals surface area contributed by atoms with Crippen LogP contribution in [-0.4, -0.2) is 23.9 Å². The van der Waals surface area contributed by atoms with Crippen LogP contribution in [0.2, 0.25) is 0 Å². The van der Waals surface area contributed by atoms with Crippen molar-refractivity contribution in [3.63, 3.8) is 0 Å². The molecule has 3 N–H and O–H groups in total. The van der Waals surface area contributed by atoms with Crippen LogP contribution < -0.4 is 25.4 Å². The summed E-state index contributed by atoms with van der Waals surface area (Å²) in [5.41, 5.74) is 1.67. The van der Waals surface area contributed by atoms with E-state index in [-0.39, 0.29) is 11.9 Å². The predicted octanol–water partition coefficient (Wildman–Crippen LogP) is 2.89. The van der Waals surface area contributed by atoms with Crippen LogP contribution in [0.25, 0.3) is 0 Å². The fraction of sp³-hybridized carbons (Fsp3) is 0.300. The SMILES string of the molecule is COc1ccc2c(c1)C1NC(=S)N[C@](C)(O2)C1C(=O)Nc1ccccc1C. The highest BCUT2D eigenvalue weighted by Gasteiger charge is 2.54. The van der Waals surface area contributed by atoms with Crippen LogP contribution in [0.15, 0.2) is 42.5 Å². The van der Waals surface area contributed by atoms with Crippen LogP contribution >= 0.6 is 12.2 Å². The Bertz CT molecular complexity index is 932. The summed E-state index contributed by atoms with van der Waals surface area (Å²) in [4.78, 5) is 13.3. The first-order valence-electron chi connectivity index (χ1n) is 8.73.